The Kier molecular flexibility index (Phi) is 34.8. The molecule has 9 aliphatic carbocycles. The number of aliphatic hydroxyl groups is 5. The van der Waals surface area contributed by atoms with Gasteiger partial charge in [-0.2, -0.15) is 26.1 Å². The minimum Gasteiger partial charge on any atom is -0.496 e. The van der Waals surface area contributed by atoms with E-state index < -0.39 is 90.4 Å². The number of benzene rings is 8. The van der Waals surface area contributed by atoms with Crippen molar-refractivity contribution >= 4 is 46.5 Å². The molecule has 29 nitrogen and oxygen atoms in total. The number of ether oxygens (including phenoxy) is 4. The number of aliphatic hydroxyl groups excluding tert-OH is 5. The van der Waals surface area contributed by atoms with Gasteiger partial charge < -0.3 is 76.4 Å². The number of Topliss-reactive ketones (excluding diaryl/α,β-unsaturated/α-hetero) is 1. The van der Waals surface area contributed by atoms with Gasteiger partial charge >= 0.3 is 5.97 Å². The van der Waals surface area contributed by atoms with Crippen LogP contribution in [0.25, 0.3) is 33.4 Å². The number of rotatable bonds is 37. The highest BCUT2D eigenvalue weighted by Crippen LogP contribution is 2.65. The molecule has 6 bridgehead atoms. The van der Waals surface area contributed by atoms with Crippen molar-refractivity contribution < 1.29 is 88.1 Å². The van der Waals surface area contributed by atoms with Gasteiger partial charge in [-0.15, -0.1) is 0 Å². The summed E-state index contributed by atoms with van der Waals surface area (Å²) in [5.74, 6) is 9.46. The van der Waals surface area contributed by atoms with Crippen LogP contribution in [0.15, 0.2) is 187 Å². The Morgan fingerprint density at radius 1 is 0.517 bits per heavy atom. The van der Waals surface area contributed by atoms with Gasteiger partial charge in [-0.05, 0) is 218 Å². The largest absolute Gasteiger partial charge is 0.496 e. The molecule has 9 saturated carbocycles. The molecule has 8 aromatic carbocycles. The van der Waals surface area contributed by atoms with Gasteiger partial charge in [0, 0.05) is 119 Å². The van der Waals surface area contributed by atoms with E-state index in [1.54, 1.807) is 69.4 Å². The van der Waals surface area contributed by atoms with Crippen molar-refractivity contribution in [3.8, 4) is 50.6 Å². The quantitative estimate of drug-likeness (QED) is 0.00430. The van der Waals surface area contributed by atoms with Crippen molar-refractivity contribution in [2.45, 2.75) is 240 Å². The molecular weight excluding hydrogens is 1830 g/mol. The van der Waals surface area contributed by atoms with E-state index in [0.29, 0.717) is 110 Å². The molecule has 145 heavy (non-hydrogen) atoms. The lowest BCUT2D eigenvalue weighted by Gasteiger charge is -2.62. The number of nitrogens with two attached hydrogens (primary N) is 2. The van der Waals surface area contributed by atoms with E-state index in [2.05, 4.69) is 136 Å². The standard InChI is InChI=1S/C45H60N6O7.C40H53N3O5.C31H43N3O5/c1-26-30(19-33-23-36(26)45(33,3)4)22-38(53)41-40(27(2)52)39(24-47-49-46)58-51(41)25-29-15-12-16-35(42(29)56-7)31-18-32(21-34(20-31)50(5)6)43(54)48-37(44(55)57-8)17-28-13-10-9-11-14-28;1-25-33-21-30(40(33,3)4)22-34(25)42-39(46)37-36(26(2)45)35(24-44)48-43(37)23-29-16-10-18-32(38(29)47-5)28-15-9-17-31(20-28)41-19-11-14-27-12-7-6-8-13-27;1-17-24-13-21(31(24,3)4)14-25(17)33-30(37)28-27(18(2)36)26(16-35)39-34(28)15-20-9-7-11-23(29(20)38-5)19-8-6-10-22(32)12-19/h9-16,18,20-21,26-27,30,33,36-37,39-41,52H,17,19,22-25H2,1-8H3,(H2,46,47)(H,48,54);6-10,12-13,15-18,20,25-26,30,33-37,41,44-45H,11,14,19,21-24H2,1-5H3,(H,42,46);6-12,17-18,21,24-28,35-36H,13-16,32H2,1-5H3,(H,33,37)/p+1/t26-,27+,30-,33+,36+,37+,39+,40-,41-;25-,26-,30+,33-,34-,35-,36-,37-;17-,18-,21+,24-,25-,26-,27+,28-/m100/s1. The molecular formula is C116H157N12O17+. The highest BCUT2D eigenvalue weighted by Gasteiger charge is 2.62. The number of aryl methyl sites for hydroxylation is 1. The summed E-state index contributed by atoms with van der Waals surface area (Å²) in [4.78, 5) is 90.2. The van der Waals surface area contributed by atoms with Gasteiger partial charge in [-0.3, -0.25) is 33.7 Å². The van der Waals surface area contributed by atoms with E-state index in [4.69, 9.17) is 45.0 Å². The molecule has 12 fully saturated rings. The predicted octanol–water partition coefficient (Wildman–Crippen LogP) is 13.8. The molecule has 29 heteroatoms. The number of hydrogen-bond donors (Lipinski definition) is 12. The van der Waals surface area contributed by atoms with Crippen LogP contribution in [-0.4, -0.2) is 212 Å². The number of carbonyl (C=O) groups excluding carboxylic acids is 5. The molecule has 25 atom stereocenters. The average molecular weight is 1990 g/mol. The Labute approximate surface area is 855 Å². The fourth-order valence-corrected chi connectivity index (χ4v) is 26.3. The molecule has 14 N–H and O–H groups in total. The van der Waals surface area contributed by atoms with Crippen LogP contribution in [0.2, 0.25) is 0 Å². The summed E-state index contributed by atoms with van der Waals surface area (Å²) in [6, 6.07) is 56.1. The van der Waals surface area contributed by atoms with E-state index in [1.807, 2.05) is 146 Å². The van der Waals surface area contributed by atoms with E-state index in [1.165, 1.54) is 31.9 Å². The number of nitrogen functional groups attached to an aromatic ring is 1. The van der Waals surface area contributed by atoms with Crippen LogP contribution in [0.3, 0.4) is 0 Å². The number of fused-ring (bicyclic) bond motifs is 6. The lowest BCUT2D eigenvalue weighted by atomic mass is 9.43. The maximum Gasteiger partial charge on any atom is 0.328 e. The number of amides is 3. The van der Waals surface area contributed by atoms with Crippen molar-refractivity contribution in [3.05, 3.63) is 215 Å². The number of carbonyl (C=O) groups is 5. The zero-order valence-electron chi connectivity index (χ0n) is 87.8. The van der Waals surface area contributed by atoms with Gasteiger partial charge in [0.05, 0.1) is 84.8 Å². The Morgan fingerprint density at radius 3 is 1.40 bits per heavy atom. The summed E-state index contributed by atoms with van der Waals surface area (Å²) in [6.45, 7) is 27.1. The van der Waals surface area contributed by atoms with Crippen molar-refractivity contribution in [1.29, 1.82) is 0 Å². The molecule has 0 radical (unpaired) electrons. The van der Waals surface area contributed by atoms with Gasteiger partial charge in [0.25, 0.3) is 5.91 Å². The minimum atomic E-state index is -0.901. The van der Waals surface area contributed by atoms with Gasteiger partial charge in [-0.25, -0.2) is 4.79 Å². The molecule has 0 aromatic heterocycles. The second kappa shape index (κ2) is 46.6. The molecule has 782 valence electrons. The Balaban J connectivity index is 0.000000167. The maximum absolute atomic E-state index is 14.6. The molecule has 20 rings (SSSR count). The molecule has 0 spiro atoms. The summed E-state index contributed by atoms with van der Waals surface area (Å²) in [6.07, 6.45) is 4.85. The number of nitrogens with zero attached hydrogens (tertiary/aromatic N) is 5. The Hall–Kier alpha value is -10.9. The summed E-state index contributed by atoms with van der Waals surface area (Å²) in [5, 5.41) is 77.6. The monoisotopic (exact) mass is 1990 g/mol. The smallest absolute Gasteiger partial charge is 0.328 e. The number of para-hydroxylation sites is 3. The first kappa shape index (κ1) is 108. The number of esters is 1. The number of nitrogens with one attached hydrogen (secondary N) is 5. The number of ketones is 1. The molecule has 3 saturated heterocycles. The summed E-state index contributed by atoms with van der Waals surface area (Å²) in [7, 11) is 9.96. The van der Waals surface area contributed by atoms with Crippen LogP contribution in [0.1, 0.15) is 173 Å². The fraction of sp³-hybridized carbons (Fsp3) is 0.543. The van der Waals surface area contributed by atoms with Gasteiger partial charge in [0.15, 0.2) is 5.78 Å². The van der Waals surface area contributed by atoms with Crippen molar-refractivity contribution in [3.63, 3.8) is 0 Å². The van der Waals surface area contributed by atoms with Gasteiger partial charge in [-0.1, -0.05) is 202 Å². The van der Waals surface area contributed by atoms with Gasteiger partial charge in [0.2, 0.25) is 11.8 Å². The third kappa shape index (κ3) is 23.2. The van der Waals surface area contributed by atoms with Crippen LogP contribution in [0, 0.1) is 93.2 Å². The van der Waals surface area contributed by atoms with E-state index >= 15 is 0 Å². The van der Waals surface area contributed by atoms with E-state index in [9.17, 15) is 49.5 Å². The lowest BCUT2D eigenvalue weighted by molar-refractivity contribution is -0.547. The second-order valence-corrected chi connectivity index (χ2v) is 44.4. The van der Waals surface area contributed by atoms with E-state index in [0.717, 1.165) is 100 Å². The fourth-order valence-electron chi connectivity index (χ4n) is 26.3. The van der Waals surface area contributed by atoms with Crippen LogP contribution < -0.4 is 57.1 Å². The third-order valence-electron chi connectivity index (χ3n) is 34.9. The first-order valence-electron chi connectivity index (χ1n) is 52.2. The molecule has 3 aliphatic heterocycles. The highest BCUT2D eigenvalue weighted by atomic mass is 16.7. The first-order valence-corrected chi connectivity index (χ1v) is 52.2. The lowest BCUT2D eigenvalue weighted by Crippen LogP contribution is -2.71. The van der Waals surface area contributed by atoms with Crippen molar-refractivity contribution in [2.24, 2.45) is 104 Å². The van der Waals surface area contributed by atoms with Crippen LogP contribution in [0.5, 0.6) is 17.2 Å². The topological polar surface area (TPSA) is 391 Å². The predicted molar refractivity (Wildman–Crippen MR) is 560 cm³/mol. The Bertz CT molecular complexity index is 5800. The van der Waals surface area contributed by atoms with Crippen LogP contribution in [0.4, 0.5) is 17.1 Å². The summed E-state index contributed by atoms with van der Waals surface area (Å²) < 4.78 is 23.0. The number of hydrogen-bond acceptors (Lipinski definition) is 24. The second-order valence-electron chi connectivity index (χ2n) is 44.4. The van der Waals surface area contributed by atoms with Gasteiger partial charge in [0.1, 0.15) is 66.3 Å². The highest BCUT2D eigenvalue weighted by molar-refractivity contribution is 5.99. The summed E-state index contributed by atoms with van der Waals surface area (Å²) >= 11 is 0. The molecule has 8 aromatic rings. The molecule has 0 unspecified atom stereocenters. The molecule has 12 aliphatic rings. The van der Waals surface area contributed by atoms with Crippen LogP contribution >= 0.6 is 0 Å². The SMILES string of the molecule is COC(=O)[C@H](Cc1ccccc1)NC(=O)c1cc(-c2cccc(CN3O[C@@H](C[NH+]=NN)[C@@H]([C@H](C)O)[C@H]3C(=O)C[C@H]3C[C@H]4C[C@@H]([C@@H]3C)C4(C)C)c2OC)cc(N(C)C)c1.COc1c(CN2O[C@@H](CO)[C@@H]([C@H](C)O)[C@H]2C(=O)N[C@H]2C[C@H]3C[C@@H]([C@@H]2C)C3(C)C)cccc1-c1cccc(N)c1.COc1c(CN2O[C@@H](CO)[C@H]([C@H](C)O)[C@H]2C(=O)N[C@H]2C[C@H]3C[C@@H]([C@@H]2C)C3(C)C)cccc1-c1cccc(NCCCc2ccccc2)c1. The third-order valence-corrected chi connectivity index (χ3v) is 34.9. The van der Waals surface area contributed by atoms with Crippen molar-refractivity contribution in [1.82, 2.24) is 31.1 Å². The first-order chi connectivity index (χ1) is 69.3. The molecule has 3 amide bonds. The number of hydroxylamine groups is 6. The minimum absolute atomic E-state index is 0.0519. The zero-order chi connectivity index (χ0) is 104. The zero-order valence-corrected chi connectivity index (χ0v) is 87.8. The van der Waals surface area contributed by atoms with Crippen LogP contribution in [-0.2, 0) is 70.9 Å². The normalized spacial score (nSPS) is 28.5. The van der Waals surface area contributed by atoms with Crippen molar-refractivity contribution in [2.75, 3.05) is 84.8 Å². The Morgan fingerprint density at radius 2 is 0.959 bits per heavy atom. The number of anilines is 3. The summed E-state index contributed by atoms with van der Waals surface area (Å²) in [5.41, 5.74) is 19.6. The number of methoxy groups -OCH3 is 4. The average Bonchev–Trinajstić information content (AvgIpc) is 0.959. The van der Waals surface area contributed by atoms with E-state index in [-0.39, 0.29) is 81.4 Å². The molecule has 3 heterocycles. The maximum atomic E-state index is 14.6.